The third kappa shape index (κ3) is 1.62. The van der Waals surface area contributed by atoms with E-state index in [0.29, 0.717) is 5.82 Å². The first-order valence-corrected chi connectivity index (χ1v) is 4.31. The molecular formula is C7H5N3O2S. The van der Waals surface area contributed by atoms with Gasteiger partial charge in [0.05, 0.1) is 6.20 Å². The molecule has 0 saturated heterocycles. The van der Waals surface area contributed by atoms with Gasteiger partial charge in [-0.25, -0.2) is 9.97 Å². The molecule has 0 aliphatic rings. The average molecular weight is 195 g/mol. The zero-order chi connectivity index (χ0) is 9.26. The highest BCUT2D eigenvalue weighted by molar-refractivity contribution is 7.12. The van der Waals surface area contributed by atoms with Crippen molar-refractivity contribution in [1.82, 2.24) is 14.3 Å². The highest BCUT2D eigenvalue weighted by Gasteiger charge is 2.05. The maximum atomic E-state index is 10.4. The van der Waals surface area contributed by atoms with Crippen LogP contribution in [0.25, 0.3) is 10.2 Å². The van der Waals surface area contributed by atoms with Crippen molar-refractivity contribution in [1.29, 1.82) is 0 Å². The molecule has 0 atom stereocenters. The normalized spacial score (nSPS) is 10.5. The summed E-state index contributed by atoms with van der Waals surface area (Å²) in [5.74, 6) is -0.604. The molecule has 0 aliphatic carbocycles. The maximum absolute atomic E-state index is 10.4. The number of rotatable bonds is 2. The quantitative estimate of drug-likeness (QED) is 0.763. The van der Waals surface area contributed by atoms with E-state index in [1.165, 1.54) is 11.5 Å². The largest absolute Gasteiger partial charge is 0.481 e. The van der Waals surface area contributed by atoms with Crippen LogP contribution in [0.2, 0.25) is 0 Å². The van der Waals surface area contributed by atoms with Crippen molar-refractivity contribution in [3.05, 3.63) is 18.2 Å². The van der Waals surface area contributed by atoms with E-state index in [1.54, 1.807) is 12.4 Å². The molecule has 0 bridgehead atoms. The van der Waals surface area contributed by atoms with Gasteiger partial charge < -0.3 is 5.11 Å². The molecule has 1 N–H and O–H groups in total. The van der Waals surface area contributed by atoms with Crippen molar-refractivity contribution in [2.75, 3.05) is 0 Å². The number of hydrogen-bond acceptors (Lipinski definition) is 5. The van der Waals surface area contributed by atoms with Gasteiger partial charge in [-0.05, 0) is 11.5 Å². The molecule has 0 radical (unpaired) electrons. The molecule has 2 heterocycles. The molecule has 5 nitrogen and oxygen atoms in total. The summed E-state index contributed by atoms with van der Waals surface area (Å²) in [7, 11) is 0. The van der Waals surface area contributed by atoms with Gasteiger partial charge in [0.2, 0.25) is 0 Å². The lowest BCUT2D eigenvalue weighted by atomic mass is 10.4. The molecule has 13 heavy (non-hydrogen) atoms. The fraction of sp³-hybridized carbons (Fsp3) is 0.143. The van der Waals surface area contributed by atoms with Crippen molar-refractivity contribution >= 4 is 27.7 Å². The first kappa shape index (κ1) is 8.06. The Bertz CT molecular complexity index is 454. The summed E-state index contributed by atoms with van der Waals surface area (Å²) in [4.78, 5) is 19.0. The molecule has 0 saturated carbocycles. The minimum absolute atomic E-state index is 0.145. The Balaban J connectivity index is 2.42. The molecule has 2 aromatic heterocycles. The Morgan fingerprint density at radius 2 is 2.38 bits per heavy atom. The summed E-state index contributed by atoms with van der Waals surface area (Å²) in [5, 5.41) is 9.34. The van der Waals surface area contributed by atoms with Crippen LogP contribution in [0, 0.1) is 0 Å². The summed E-state index contributed by atoms with van der Waals surface area (Å²) in [5.41, 5.74) is 0. The van der Waals surface area contributed by atoms with Crippen molar-refractivity contribution in [2.45, 2.75) is 6.42 Å². The van der Waals surface area contributed by atoms with Crippen molar-refractivity contribution in [3.63, 3.8) is 0 Å². The van der Waals surface area contributed by atoms with Gasteiger partial charge in [-0.3, -0.25) is 4.79 Å². The second kappa shape index (κ2) is 3.06. The van der Waals surface area contributed by atoms with Crippen LogP contribution in [-0.4, -0.2) is 25.4 Å². The molecule has 0 aromatic carbocycles. The van der Waals surface area contributed by atoms with Crippen LogP contribution in [0.4, 0.5) is 0 Å². The van der Waals surface area contributed by atoms with Crippen LogP contribution < -0.4 is 0 Å². The summed E-state index contributed by atoms with van der Waals surface area (Å²) >= 11 is 1.23. The molecule has 2 aromatic rings. The summed E-state index contributed by atoms with van der Waals surface area (Å²) in [6.07, 6.45) is 3.10. The number of aromatic nitrogens is 3. The standard InChI is InChI=1S/C7H5N3O2S/c11-6(12)1-5-8-2-4-3-9-13-7(4)10-5/h2-3H,1H2,(H,11,12). The predicted octanol–water partition coefficient (Wildman–Crippen LogP) is 0.713. The Kier molecular flexibility index (Phi) is 1.90. The van der Waals surface area contributed by atoms with Gasteiger partial charge in [0.25, 0.3) is 0 Å². The lowest BCUT2D eigenvalue weighted by molar-refractivity contribution is -0.136. The van der Waals surface area contributed by atoms with Crippen molar-refractivity contribution < 1.29 is 9.90 Å². The smallest absolute Gasteiger partial charge is 0.311 e. The van der Waals surface area contributed by atoms with Gasteiger partial charge in [-0.15, -0.1) is 0 Å². The van der Waals surface area contributed by atoms with Crippen LogP contribution in [0.15, 0.2) is 12.4 Å². The van der Waals surface area contributed by atoms with Crippen molar-refractivity contribution in [2.24, 2.45) is 0 Å². The monoisotopic (exact) mass is 195 g/mol. The number of fused-ring (bicyclic) bond motifs is 1. The highest BCUT2D eigenvalue weighted by atomic mass is 32.1. The molecule has 0 spiro atoms. The number of hydrogen-bond donors (Lipinski definition) is 1. The van der Waals surface area contributed by atoms with E-state index in [2.05, 4.69) is 14.3 Å². The molecule has 2 rings (SSSR count). The van der Waals surface area contributed by atoms with E-state index in [1.807, 2.05) is 0 Å². The van der Waals surface area contributed by atoms with Gasteiger partial charge in [-0.1, -0.05) is 0 Å². The number of aliphatic carboxylic acids is 1. The third-order valence-corrected chi connectivity index (χ3v) is 2.18. The SMILES string of the molecule is O=C(O)Cc1ncc2cnsc2n1. The van der Waals surface area contributed by atoms with Gasteiger partial charge in [0.15, 0.2) is 0 Å². The van der Waals surface area contributed by atoms with Crippen molar-refractivity contribution in [3.8, 4) is 0 Å². The second-order valence-electron chi connectivity index (χ2n) is 2.44. The second-order valence-corrected chi connectivity index (χ2v) is 3.22. The fourth-order valence-electron chi connectivity index (χ4n) is 0.925. The maximum Gasteiger partial charge on any atom is 0.311 e. The first-order valence-electron chi connectivity index (χ1n) is 3.54. The fourth-order valence-corrected chi connectivity index (χ4v) is 1.55. The zero-order valence-corrected chi connectivity index (χ0v) is 7.28. The van der Waals surface area contributed by atoms with E-state index < -0.39 is 5.97 Å². The molecule has 0 fully saturated rings. The number of nitrogens with zero attached hydrogens (tertiary/aromatic N) is 3. The summed E-state index contributed by atoms with van der Waals surface area (Å²) in [6.45, 7) is 0. The lowest BCUT2D eigenvalue weighted by Gasteiger charge is -1.93. The van der Waals surface area contributed by atoms with Crippen LogP contribution in [-0.2, 0) is 11.2 Å². The van der Waals surface area contributed by atoms with Gasteiger partial charge >= 0.3 is 5.97 Å². The Morgan fingerprint density at radius 1 is 1.54 bits per heavy atom. The van der Waals surface area contributed by atoms with Crippen LogP contribution in [0.1, 0.15) is 5.82 Å². The van der Waals surface area contributed by atoms with E-state index in [-0.39, 0.29) is 6.42 Å². The summed E-state index contributed by atoms with van der Waals surface area (Å²) < 4.78 is 3.91. The zero-order valence-electron chi connectivity index (χ0n) is 6.47. The van der Waals surface area contributed by atoms with E-state index in [4.69, 9.17) is 5.11 Å². The molecular weight excluding hydrogens is 190 g/mol. The minimum Gasteiger partial charge on any atom is -0.481 e. The van der Waals surface area contributed by atoms with Crippen LogP contribution in [0.5, 0.6) is 0 Å². The van der Waals surface area contributed by atoms with E-state index in [0.717, 1.165) is 10.2 Å². The number of carboxylic acids is 1. The Hall–Kier alpha value is -1.56. The van der Waals surface area contributed by atoms with Crippen LogP contribution >= 0.6 is 11.5 Å². The van der Waals surface area contributed by atoms with Gasteiger partial charge in [-0.2, -0.15) is 4.37 Å². The van der Waals surface area contributed by atoms with E-state index >= 15 is 0 Å². The number of carbonyl (C=O) groups is 1. The molecule has 0 unspecified atom stereocenters. The number of carboxylic acid groups (broad SMARTS) is 1. The topological polar surface area (TPSA) is 76.0 Å². The van der Waals surface area contributed by atoms with Gasteiger partial charge in [0.1, 0.15) is 17.1 Å². The lowest BCUT2D eigenvalue weighted by Crippen LogP contribution is -2.03. The molecule has 66 valence electrons. The van der Waals surface area contributed by atoms with Crippen LogP contribution in [0.3, 0.4) is 0 Å². The Morgan fingerprint density at radius 3 is 3.15 bits per heavy atom. The predicted molar refractivity (Wildman–Crippen MR) is 46.5 cm³/mol. The third-order valence-electron chi connectivity index (χ3n) is 1.47. The molecule has 0 aliphatic heterocycles. The Labute approximate surface area is 77.2 Å². The summed E-state index contributed by atoms with van der Waals surface area (Å²) in [6, 6.07) is 0. The average Bonchev–Trinajstić information content (AvgIpc) is 2.49. The van der Waals surface area contributed by atoms with E-state index in [9.17, 15) is 4.79 Å². The van der Waals surface area contributed by atoms with Gasteiger partial charge in [0, 0.05) is 11.6 Å². The minimum atomic E-state index is -0.927. The highest BCUT2D eigenvalue weighted by Crippen LogP contribution is 2.13. The molecule has 6 heteroatoms. The first-order chi connectivity index (χ1) is 6.25. The molecule has 0 amide bonds.